The van der Waals surface area contributed by atoms with Crippen molar-refractivity contribution in [2.45, 2.75) is 5.16 Å². The van der Waals surface area contributed by atoms with Crippen molar-refractivity contribution in [2.75, 3.05) is 12.4 Å². The van der Waals surface area contributed by atoms with Crippen LogP contribution in [0.1, 0.15) is 0 Å². The number of thioether (sulfide) groups is 1. The molecule has 31 heavy (non-hydrogen) atoms. The highest BCUT2D eigenvalue weighted by molar-refractivity contribution is 7.99. The summed E-state index contributed by atoms with van der Waals surface area (Å²) in [4.78, 5) is 18.0. The fourth-order valence-corrected chi connectivity index (χ4v) is 4.45. The van der Waals surface area contributed by atoms with Crippen molar-refractivity contribution in [3.8, 4) is 11.4 Å². The molecule has 0 spiro atoms. The summed E-state index contributed by atoms with van der Waals surface area (Å²) in [6.45, 7) is 0.510. The van der Waals surface area contributed by atoms with Crippen molar-refractivity contribution in [3.05, 3.63) is 107 Å². The van der Waals surface area contributed by atoms with Crippen LogP contribution in [0.15, 0.2) is 107 Å². The molecule has 4 aromatic carbocycles. The molecular weight excluding hydrogens is 404 g/mol. The molecular formula is C26H20N2O2S. The van der Waals surface area contributed by atoms with Crippen LogP contribution >= 0.6 is 11.8 Å². The van der Waals surface area contributed by atoms with Gasteiger partial charge in [-0.25, -0.2) is 4.98 Å². The predicted molar refractivity (Wildman–Crippen MR) is 128 cm³/mol. The average Bonchev–Trinajstić information content (AvgIpc) is 2.82. The van der Waals surface area contributed by atoms with Gasteiger partial charge >= 0.3 is 0 Å². The SMILES string of the molecule is O=c1c2ccccc2nc(SCCOc2cccc3ccccc23)n1-c1ccccc1. The van der Waals surface area contributed by atoms with E-state index in [1.54, 1.807) is 4.57 Å². The van der Waals surface area contributed by atoms with Gasteiger partial charge in [-0.2, -0.15) is 0 Å². The van der Waals surface area contributed by atoms with Crippen molar-refractivity contribution in [1.29, 1.82) is 0 Å². The number of aromatic nitrogens is 2. The molecule has 5 rings (SSSR count). The molecule has 4 nitrogen and oxygen atoms in total. The molecule has 152 valence electrons. The number of nitrogens with zero attached hydrogens (tertiary/aromatic N) is 2. The maximum atomic E-state index is 13.2. The fraction of sp³-hybridized carbons (Fsp3) is 0.0769. The molecule has 0 saturated heterocycles. The zero-order valence-corrected chi connectivity index (χ0v) is 17.6. The Hall–Kier alpha value is -3.57. The summed E-state index contributed by atoms with van der Waals surface area (Å²) in [5.74, 6) is 1.53. The minimum absolute atomic E-state index is 0.0609. The van der Waals surface area contributed by atoms with E-state index in [9.17, 15) is 4.79 Å². The van der Waals surface area contributed by atoms with Crippen LogP contribution in [0.4, 0.5) is 0 Å². The van der Waals surface area contributed by atoms with Gasteiger partial charge in [-0.3, -0.25) is 9.36 Å². The summed E-state index contributed by atoms with van der Waals surface area (Å²) in [7, 11) is 0. The van der Waals surface area contributed by atoms with Gasteiger partial charge in [-0.15, -0.1) is 0 Å². The van der Waals surface area contributed by atoms with Crippen molar-refractivity contribution in [3.63, 3.8) is 0 Å². The van der Waals surface area contributed by atoms with Crippen LogP contribution in [0.3, 0.4) is 0 Å². The topological polar surface area (TPSA) is 44.1 Å². The van der Waals surface area contributed by atoms with Crippen molar-refractivity contribution in [2.24, 2.45) is 0 Å². The van der Waals surface area contributed by atoms with Gasteiger partial charge in [0, 0.05) is 11.1 Å². The molecule has 0 atom stereocenters. The van der Waals surface area contributed by atoms with Crippen LogP contribution in [0.5, 0.6) is 5.75 Å². The largest absolute Gasteiger partial charge is 0.492 e. The normalized spacial score (nSPS) is 11.1. The zero-order chi connectivity index (χ0) is 21.0. The van der Waals surface area contributed by atoms with Crippen molar-refractivity contribution in [1.82, 2.24) is 9.55 Å². The molecule has 0 aliphatic heterocycles. The summed E-state index contributed by atoms with van der Waals surface area (Å²) in [6.07, 6.45) is 0. The summed E-state index contributed by atoms with van der Waals surface area (Å²) in [6, 6.07) is 31.4. The van der Waals surface area contributed by atoms with Gasteiger partial charge in [0.1, 0.15) is 5.75 Å². The van der Waals surface area contributed by atoms with Gasteiger partial charge < -0.3 is 4.74 Å². The fourth-order valence-electron chi connectivity index (χ4n) is 3.62. The summed E-state index contributed by atoms with van der Waals surface area (Å²) in [5, 5.41) is 3.53. The summed E-state index contributed by atoms with van der Waals surface area (Å²) in [5.41, 5.74) is 1.45. The van der Waals surface area contributed by atoms with Gasteiger partial charge in [-0.1, -0.05) is 78.5 Å². The number of hydrogen-bond donors (Lipinski definition) is 0. The highest BCUT2D eigenvalue weighted by Gasteiger charge is 2.13. The van der Waals surface area contributed by atoms with Crippen LogP contribution in [-0.4, -0.2) is 21.9 Å². The Labute approximate surface area is 184 Å². The second kappa shape index (κ2) is 8.66. The lowest BCUT2D eigenvalue weighted by molar-refractivity contribution is 0.348. The third kappa shape index (κ3) is 3.92. The van der Waals surface area contributed by atoms with E-state index in [0.717, 1.165) is 22.2 Å². The van der Waals surface area contributed by atoms with Crippen molar-refractivity contribution >= 4 is 33.4 Å². The minimum atomic E-state index is -0.0609. The van der Waals surface area contributed by atoms with Crippen LogP contribution in [0.2, 0.25) is 0 Å². The summed E-state index contributed by atoms with van der Waals surface area (Å²) < 4.78 is 7.75. The molecule has 0 amide bonds. The molecule has 5 heteroatoms. The highest BCUT2D eigenvalue weighted by Crippen LogP contribution is 2.26. The molecule has 0 unspecified atom stereocenters. The third-order valence-corrected chi connectivity index (χ3v) is 5.98. The number of hydrogen-bond acceptors (Lipinski definition) is 4. The Kier molecular flexibility index (Phi) is 5.42. The van der Waals surface area contributed by atoms with E-state index in [4.69, 9.17) is 9.72 Å². The lowest BCUT2D eigenvalue weighted by Gasteiger charge is -2.14. The first kappa shape index (κ1) is 19.4. The molecule has 1 aromatic heterocycles. The molecule has 0 saturated carbocycles. The van der Waals surface area contributed by atoms with E-state index in [2.05, 4.69) is 18.2 Å². The van der Waals surface area contributed by atoms with E-state index in [0.29, 0.717) is 28.4 Å². The number of para-hydroxylation sites is 2. The molecule has 1 heterocycles. The Balaban J connectivity index is 1.42. The first-order chi connectivity index (χ1) is 15.3. The molecule has 0 aliphatic rings. The molecule has 0 aliphatic carbocycles. The highest BCUT2D eigenvalue weighted by atomic mass is 32.2. The number of benzene rings is 4. The first-order valence-corrected chi connectivity index (χ1v) is 11.1. The van der Waals surface area contributed by atoms with Gasteiger partial charge in [-0.05, 0) is 35.7 Å². The molecule has 0 bridgehead atoms. The Bertz CT molecular complexity index is 1410. The van der Waals surface area contributed by atoms with Crippen LogP contribution in [0, 0.1) is 0 Å². The van der Waals surface area contributed by atoms with E-state index in [-0.39, 0.29) is 5.56 Å². The lowest BCUT2D eigenvalue weighted by Crippen LogP contribution is -2.22. The maximum Gasteiger partial charge on any atom is 0.266 e. The molecule has 5 aromatic rings. The smallest absolute Gasteiger partial charge is 0.266 e. The minimum Gasteiger partial charge on any atom is -0.492 e. The molecule has 0 radical (unpaired) electrons. The first-order valence-electron chi connectivity index (χ1n) is 10.1. The Morgan fingerprint density at radius 2 is 1.48 bits per heavy atom. The van der Waals surface area contributed by atoms with Crippen LogP contribution < -0.4 is 10.3 Å². The monoisotopic (exact) mass is 424 g/mol. The van der Waals surface area contributed by atoms with E-state index in [1.807, 2.05) is 78.9 Å². The van der Waals surface area contributed by atoms with Gasteiger partial charge in [0.25, 0.3) is 5.56 Å². The van der Waals surface area contributed by atoms with E-state index >= 15 is 0 Å². The summed E-state index contributed by atoms with van der Waals surface area (Å²) >= 11 is 1.52. The van der Waals surface area contributed by atoms with Gasteiger partial charge in [0.05, 0.1) is 23.2 Å². The van der Waals surface area contributed by atoms with Crippen LogP contribution in [0.25, 0.3) is 27.4 Å². The molecule has 0 fully saturated rings. The van der Waals surface area contributed by atoms with Crippen LogP contribution in [-0.2, 0) is 0 Å². The van der Waals surface area contributed by atoms with E-state index < -0.39 is 0 Å². The quantitative estimate of drug-likeness (QED) is 0.199. The molecule has 0 N–H and O–H groups in total. The van der Waals surface area contributed by atoms with E-state index in [1.165, 1.54) is 11.8 Å². The van der Waals surface area contributed by atoms with Gasteiger partial charge in [0.15, 0.2) is 5.16 Å². The zero-order valence-electron chi connectivity index (χ0n) is 16.8. The predicted octanol–water partition coefficient (Wildman–Crippen LogP) is 5.71. The number of ether oxygens (including phenoxy) is 1. The standard InChI is InChI=1S/C26H20N2O2S/c29-25-22-14-6-7-15-23(22)27-26(28(25)20-11-2-1-3-12-20)31-18-17-30-24-16-8-10-19-9-4-5-13-21(19)24/h1-16H,17-18H2. The second-order valence-corrected chi connectivity index (χ2v) is 8.12. The maximum absolute atomic E-state index is 13.2. The number of rotatable bonds is 6. The lowest BCUT2D eigenvalue weighted by atomic mass is 10.1. The average molecular weight is 425 g/mol. The second-order valence-electron chi connectivity index (χ2n) is 7.06. The van der Waals surface area contributed by atoms with Crippen molar-refractivity contribution < 1.29 is 4.74 Å². The Morgan fingerprint density at radius 3 is 2.35 bits per heavy atom. The number of fused-ring (bicyclic) bond motifs is 2. The third-order valence-electron chi connectivity index (χ3n) is 5.08. The van der Waals surface area contributed by atoms with Gasteiger partial charge in [0.2, 0.25) is 0 Å². The Morgan fingerprint density at radius 1 is 0.774 bits per heavy atom.